The largest absolute Gasteiger partial charge is 0.492 e. The first-order valence-electron chi connectivity index (χ1n) is 1.59. The van der Waals surface area contributed by atoms with Crippen LogP contribution in [0.25, 0.3) is 0 Å². The van der Waals surface area contributed by atoms with E-state index in [2.05, 4.69) is 0 Å². The fourth-order valence-electron chi connectivity index (χ4n) is 0. The van der Waals surface area contributed by atoms with Crippen LogP contribution in [0.4, 0.5) is 13.6 Å². The smallest absolute Gasteiger partial charge is 0.456 e. The summed E-state index contributed by atoms with van der Waals surface area (Å²) in [4.78, 5) is 8.33. The van der Waals surface area contributed by atoms with Gasteiger partial charge in [0.2, 0.25) is 0 Å². The Morgan fingerprint density at radius 1 is 1.86 bits per heavy atom. The lowest BCUT2D eigenvalue weighted by Crippen LogP contribution is -1.69. The molecule has 0 atom stereocenters. The molecule has 2 nitrogen and oxygen atoms in total. The third-order valence-electron chi connectivity index (χ3n) is 0. The third-order valence-corrected chi connectivity index (χ3v) is 0. The summed E-state index contributed by atoms with van der Waals surface area (Å²) in [7, 11) is 0. The first kappa shape index (κ1) is 9.59. The summed E-state index contributed by atoms with van der Waals surface area (Å²) in [5.41, 5.74) is 0. The Morgan fingerprint density at radius 2 is 1.86 bits per heavy atom. The molecule has 0 radical (unpaired) electrons. The number of halogens is 2. The second-order valence-corrected chi connectivity index (χ2v) is 0.520. The molecule has 0 heterocycles. The van der Waals surface area contributed by atoms with Crippen molar-refractivity contribution in [2.45, 2.75) is 6.92 Å². The van der Waals surface area contributed by atoms with Gasteiger partial charge >= 0.3 is 6.22 Å². The average Bonchev–Trinajstić information content (AvgIpc) is 1.33. The molecule has 0 aromatic heterocycles. The Bertz CT molecular complexity index is 42.2. The zero-order chi connectivity index (χ0) is 6.28. The van der Waals surface area contributed by atoms with Gasteiger partial charge in [-0.3, -0.25) is 4.39 Å². The lowest BCUT2D eigenvalue weighted by Gasteiger charge is -1.53. The molecule has 0 aromatic rings. The highest BCUT2D eigenvalue weighted by molar-refractivity contribution is 5.54. The Labute approximate surface area is 39.8 Å². The molecule has 0 aliphatic carbocycles. The molecule has 0 saturated heterocycles. The van der Waals surface area contributed by atoms with E-state index in [1.54, 1.807) is 0 Å². The second-order valence-electron chi connectivity index (χ2n) is 0.520. The predicted octanol–water partition coefficient (Wildman–Crippen LogP) is 1.61. The highest BCUT2D eigenvalue weighted by atomic mass is 19.2. The molecular formula is C3H6F2O2. The summed E-state index contributed by atoms with van der Waals surface area (Å²) >= 11 is 0. The fourth-order valence-corrected chi connectivity index (χ4v) is 0. The van der Waals surface area contributed by atoms with E-state index in [9.17, 15) is 8.78 Å². The van der Waals surface area contributed by atoms with Crippen molar-refractivity contribution in [3.05, 3.63) is 0 Å². The highest BCUT2D eigenvalue weighted by Gasteiger charge is 1.74. The molecule has 0 spiro atoms. The molecule has 0 amide bonds. The van der Waals surface area contributed by atoms with E-state index in [1.165, 1.54) is 6.92 Å². The minimum Gasteiger partial charge on any atom is -0.456 e. The Morgan fingerprint density at radius 3 is 1.86 bits per heavy atom. The van der Waals surface area contributed by atoms with Crippen molar-refractivity contribution < 1.29 is 18.7 Å². The third kappa shape index (κ3) is 132. The van der Waals surface area contributed by atoms with Crippen LogP contribution in [-0.4, -0.2) is 18.0 Å². The topological polar surface area (TPSA) is 37.3 Å². The summed E-state index contributed by atoms with van der Waals surface area (Å²) in [5, 5.41) is 6.75. The summed E-state index contributed by atoms with van der Waals surface area (Å²) in [6, 6.07) is 0. The van der Waals surface area contributed by atoms with E-state index in [4.69, 9.17) is 9.90 Å². The van der Waals surface area contributed by atoms with Gasteiger partial charge in [-0.25, -0.2) is 4.79 Å². The molecule has 4 heteroatoms. The molecule has 0 aromatic carbocycles. The predicted molar refractivity (Wildman–Crippen MR) is 20.8 cm³/mol. The van der Waals surface area contributed by atoms with E-state index >= 15 is 0 Å². The molecule has 1 N–H and O–H groups in total. The maximum absolute atomic E-state index is 10.3. The maximum Gasteiger partial charge on any atom is 0.492 e. The minimum atomic E-state index is -2.33. The van der Waals surface area contributed by atoms with Crippen LogP contribution in [-0.2, 0) is 0 Å². The maximum atomic E-state index is 10.3. The van der Waals surface area contributed by atoms with Gasteiger partial charge in [0.05, 0.1) is 6.67 Å². The van der Waals surface area contributed by atoms with Crippen LogP contribution in [0.15, 0.2) is 0 Å². The first-order chi connectivity index (χ1) is 3.15. The van der Waals surface area contributed by atoms with Crippen molar-refractivity contribution in [2.75, 3.05) is 6.67 Å². The summed E-state index contributed by atoms with van der Waals surface area (Å²) in [6.07, 6.45) is -2.33. The molecule has 0 aliphatic rings. The summed E-state index contributed by atoms with van der Waals surface area (Å²) < 4.78 is 20.2. The molecule has 44 valence electrons. The van der Waals surface area contributed by atoms with E-state index < -0.39 is 6.22 Å². The molecule has 0 bridgehead atoms. The first-order valence-corrected chi connectivity index (χ1v) is 1.59. The summed E-state index contributed by atoms with van der Waals surface area (Å²) in [5.74, 6) is 0. The standard InChI is InChI=1S/C2H5F.CHFO2/c1-2-3;2-1(3)4/h2H2,1H3;(H,3,4)/i2+1;1+1. The van der Waals surface area contributed by atoms with Gasteiger partial charge in [-0.15, -0.1) is 4.39 Å². The Kier molecular flexibility index (Phi) is 12.3. The SMILES string of the molecule is C[13CH2]F.O=[13C](O)F. The van der Waals surface area contributed by atoms with E-state index in [0.29, 0.717) is 0 Å². The number of hydrogen-bond acceptors (Lipinski definition) is 1. The van der Waals surface area contributed by atoms with Crippen molar-refractivity contribution in [1.82, 2.24) is 0 Å². The molecule has 7 heavy (non-hydrogen) atoms. The van der Waals surface area contributed by atoms with Crippen LogP contribution in [0, 0.1) is 0 Å². The van der Waals surface area contributed by atoms with Gasteiger partial charge in [0.15, 0.2) is 0 Å². The zero-order valence-corrected chi connectivity index (χ0v) is 3.82. The van der Waals surface area contributed by atoms with Crippen molar-refractivity contribution in [3.63, 3.8) is 0 Å². The van der Waals surface area contributed by atoms with Gasteiger partial charge in [0.1, 0.15) is 0 Å². The van der Waals surface area contributed by atoms with Gasteiger partial charge < -0.3 is 5.11 Å². The van der Waals surface area contributed by atoms with Gasteiger partial charge in [0, 0.05) is 0 Å². The molecule has 0 saturated carbocycles. The lowest BCUT2D eigenvalue weighted by atomic mass is 11.4. The lowest BCUT2D eigenvalue weighted by molar-refractivity contribution is 0.169. The number of hydrogen-bond donors (Lipinski definition) is 1. The van der Waals surface area contributed by atoms with Crippen LogP contribution in [0.3, 0.4) is 0 Å². The van der Waals surface area contributed by atoms with Gasteiger partial charge in [-0.05, 0) is 6.92 Å². The second kappa shape index (κ2) is 9.01. The highest BCUT2D eigenvalue weighted by Crippen LogP contribution is 1.58. The van der Waals surface area contributed by atoms with Gasteiger partial charge in [-0.2, -0.15) is 0 Å². The van der Waals surface area contributed by atoms with Crippen molar-refractivity contribution in [3.8, 4) is 0 Å². The quantitative estimate of drug-likeness (QED) is 0.383. The van der Waals surface area contributed by atoms with Crippen LogP contribution in [0.2, 0.25) is 0 Å². The van der Waals surface area contributed by atoms with E-state index in [1.807, 2.05) is 0 Å². The van der Waals surface area contributed by atoms with Crippen molar-refractivity contribution in [2.24, 2.45) is 0 Å². The molecular weight excluding hydrogens is 108 g/mol. The van der Waals surface area contributed by atoms with E-state index in [-0.39, 0.29) is 6.67 Å². The zero-order valence-electron chi connectivity index (χ0n) is 3.82. The molecule has 0 unspecified atom stereocenters. The number of carbonyl (C=O) groups is 1. The van der Waals surface area contributed by atoms with Gasteiger partial charge in [-0.1, -0.05) is 0 Å². The number of alkyl halides is 1. The van der Waals surface area contributed by atoms with Crippen molar-refractivity contribution in [1.29, 1.82) is 0 Å². The summed E-state index contributed by atoms with van der Waals surface area (Å²) in [6.45, 7) is 1.21. The van der Waals surface area contributed by atoms with Crippen LogP contribution < -0.4 is 0 Å². The van der Waals surface area contributed by atoms with Crippen LogP contribution in [0.1, 0.15) is 6.92 Å². The molecule has 0 rings (SSSR count). The van der Waals surface area contributed by atoms with E-state index in [0.717, 1.165) is 0 Å². The monoisotopic (exact) mass is 114 g/mol. The average molecular weight is 114 g/mol. The number of rotatable bonds is 0. The Balaban J connectivity index is 0. The normalized spacial score (nSPS) is 6.14. The van der Waals surface area contributed by atoms with Crippen molar-refractivity contribution >= 4 is 6.22 Å². The molecule has 0 aliphatic heterocycles. The van der Waals surface area contributed by atoms with Crippen LogP contribution in [0.5, 0.6) is 0 Å². The molecule has 0 fully saturated rings. The van der Waals surface area contributed by atoms with Crippen LogP contribution >= 0.6 is 0 Å². The Hall–Kier alpha value is -0.670. The fraction of sp³-hybridized carbons (Fsp3) is 0.667. The van der Waals surface area contributed by atoms with Gasteiger partial charge in [0.25, 0.3) is 0 Å². The minimum absolute atomic E-state index is 0.250. The number of carboxylic acid groups (broad SMARTS) is 1.